The minimum absolute atomic E-state index is 0.0869. The average Bonchev–Trinajstić information content (AvgIpc) is 3.22. The number of rotatable bonds is 2. The number of benzene rings is 2. The van der Waals surface area contributed by atoms with E-state index in [0.717, 1.165) is 12.1 Å². The number of imidazole rings is 1. The number of carbonyl (C=O) groups is 1. The number of aryl methyl sites for hydroxylation is 2. The molecular weight excluding hydrogens is 478 g/mol. The number of amides is 1. The van der Waals surface area contributed by atoms with Crippen molar-refractivity contribution in [3.8, 4) is 0 Å². The summed E-state index contributed by atoms with van der Waals surface area (Å²) in [5, 5.41) is 8.32. The van der Waals surface area contributed by atoms with Gasteiger partial charge < -0.3 is 9.88 Å². The Bertz CT molecular complexity index is 1270. The molecule has 1 saturated heterocycles. The number of H-pyrrole nitrogens is 1. The Balaban J connectivity index is 0.000000160. The molecule has 1 aliphatic heterocycles. The fourth-order valence-corrected chi connectivity index (χ4v) is 3.35. The van der Waals surface area contributed by atoms with Crippen molar-refractivity contribution in [1.29, 1.82) is 0 Å². The summed E-state index contributed by atoms with van der Waals surface area (Å²) in [7, 11) is 0. The normalized spacial score (nSPS) is 14.0. The number of aromatic nitrogens is 3. The largest absolute Gasteiger partial charge is 0.416 e. The van der Waals surface area contributed by atoms with E-state index >= 15 is 0 Å². The third-order valence-corrected chi connectivity index (χ3v) is 5.23. The third-order valence-electron chi connectivity index (χ3n) is 5.23. The van der Waals surface area contributed by atoms with Gasteiger partial charge in [0, 0.05) is 6.20 Å². The SMILES string of the molecule is Cc1ccccc1.Cc1nc2ccc(C(F)(F)F)cc2[nH]1.O=C(NO)C1(F)CN(c2ccccn2)C1. The standard InChI is InChI=1S/C9H7F3N2.C9H10FN3O2.C7H8/c1-5-13-7-3-2-6(9(10,11)12)4-8(7)14-5;10-9(8(14)12-15)5-13(6-9)7-3-1-2-4-11-7;1-7-5-3-2-4-6-7/h2-4H,1H3,(H,13,14);1-4,15H,5-6H2,(H,12,14);2-6H,1H3. The van der Waals surface area contributed by atoms with Gasteiger partial charge in [0.05, 0.1) is 29.7 Å². The highest BCUT2D eigenvalue weighted by atomic mass is 19.4. The molecule has 1 amide bonds. The van der Waals surface area contributed by atoms with Crippen LogP contribution < -0.4 is 10.4 Å². The van der Waals surface area contributed by atoms with Crippen LogP contribution in [0, 0.1) is 13.8 Å². The van der Waals surface area contributed by atoms with Crippen molar-refractivity contribution in [2.24, 2.45) is 0 Å². The van der Waals surface area contributed by atoms with E-state index in [1.165, 1.54) is 17.1 Å². The van der Waals surface area contributed by atoms with Gasteiger partial charge in [-0.05, 0) is 44.2 Å². The summed E-state index contributed by atoms with van der Waals surface area (Å²) < 4.78 is 50.5. The van der Waals surface area contributed by atoms with Gasteiger partial charge in [-0.2, -0.15) is 13.2 Å². The Morgan fingerprint density at radius 1 is 1.06 bits per heavy atom. The zero-order valence-electron chi connectivity index (χ0n) is 19.6. The number of nitrogens with one attached hydrogen (secondary N) is 2. The molecular formula is C25H25F4N5O2. The number of anilines is 1. The fraction of sp³-hybridized carbons (Fsp3) is 0.240. The molecule has 1 aliphatic rings. The van der Waals surface area contributed by atoms with Crippen LogP contribution in [0.25, 0.3) is 11.0 Å². The van der Waals surface area contributed by atoms with Crippen LogP contribution >= 0.6 is 0 Å². The minimum Gasteiger partial charge on any atom is -0.349 e. The van der Waals surface area contributed by atoms with E-state index in [2.05, 4.69) is 34.0 Å². The van der Waals surface area contributed by atoms with Crippen LogP contribution in [-0.2, 0) is 11.0 Å². The highest BCUT2D eigenvalue weighted by molar-refractivity contribution is 5.87. The number of pyridine rings is 1. The molecule has 36 heavy (non-hydrogen) atoms. The van der Waals surface area contributed by atoms with E-state index < -0.39 is 23.3 Å². The van der Waals surface area contributed by atoms with Crippen LogP contribution in [0.15, 0.2) is 72.9 Å². The molecule has 0 atom stereocenters. The Labute approximate surface area is 204 Å². The lowest BCUT2D eigenvalue weighted by molar-refractivity contribution is -0.143. The van der Waals surface area contributed by atoms with E-state index in [0.29, 0.717) is 22.7 Å². The first-order chi connectivity index (χ1) is 17.0. The Morgan fingerprint density at radius 2 is 1.72 bits per heavy atom. The topological polar surface area (TPSA) is 94.1 Å². The van der Waals surface area contributed by atoms with Gasteiger partial charge in [0.2, 0.25) is 5.67 Å². The molecule has 1 fully saturated rings. The fourth-order valence-electron chi connectivity index (χ4n) is 3.35. The summed E-state index contributed by atoms with van der Waals surface area (Å²) in [4.78, 5) is 23.3. The average molecular weight is 504 g/mol. The maximum atomic E-state index is 13.6. The van der Waals surface area contributed by atoms with Crippen molar-refractivity contribution >= 4 is 22.8 Å². The number of halogens is 4. The van der Waals surface area contributed by atoms with Gasteiger partial charge in [-0.25, -0.2) is 19.8 Å². The van der Waals surface area contributed by atoms with Gasteiger partial charge >= 0.3 is 6.18 Å². The van der Waals surface area contributed by atoms with Crippen molar-refractivity contribution in [3.63, 3.8) is 0 Å². The molecule has 0 bridgehead atoms. The van der Waals surface area contributed by atoms with E-state index in [4.69, 9.17) is 5.21 Å². The van der Waals surface area contributed by atoms with Gasteiger partial charge in [0.25, 0.3) is 5.91 Å². The molecule has 0 radical (unpaired) electrons. The second-order valence-corrected chi connectivity index (χ2v) is 8.16. The number of alkyl halides is 4. The van der Waals surface area contributed by atoms with Crippen molar-refractivity contribution in [1.82, 2.24) is 20.4 Å². The molecule has 3 heterocycles. The van der Waals surface area contributed by atoms with E-state index in [-0.39, 0.29) is 13.1 Å². The number of fused-ring (bicyclic) bond motifs is 1. The number of carbonyl (C=O) groups excluding carboxylic acids is 1. The van der Waals surface area contributed by atoms with Crippen LogP contribution in [0.3, 0.4) is 0 Å². The van der Waals surface area contributed by atoms with Crippen LogP contribution in [0.1, 0.15) is 17.0 Å². The molecule has 5 rings (SSSR count). The second kappa shape index (κ2) is 11.2. The molecule has 0 spiro atoms. The van der Waals surface area contributed by atoms with Gasteiger partial charge in [-0.3, -0.25) is 10.0 Å². The van der Waals surface area contributed by atoms with Gasteiger partial charge in [0.1, 0.15) is 11.6 Å². The first-order valence-electron chi connectivity index (χ1n) is 10.9. The first kappa shape index (κ1) is 26.6. The number of aromatic amines is 1. The lowest BCUT2D eigenvalue weighted by Gasteiger charge is -2.43. The molecule has 190 valence electrons. The molecule has 4 aromatic rings. The predicted molar refractivity (Wildman–Crippen MR) is 127 cm³/mol. The zero-order chi connectivity index (χ0) is 26.3. The van der Waals surface area contributed by atoms with Crippen molar-refractivity contribution in [2.45, 2.75) is 25.7 Å². The molecule has 11 heteroatoms. The number of hydrogen-bond acceptors (Lipinski definition) is 5. The van der Waals surface area contributed by atoms with E-state index in [1.54, 1.807) is 36.2 Å². The molecule has 2 aromatic carbocycles. The summed E-state index contributed by atoms with van der Waals surface area (Å²) in [5.41, 5.74) is 0.939. The van der Waals surface area contributed by atoms with Crippen LogP contribution in [0.5, 0.6) is 0 Å². The van der Waals surface area contributed by atoms with Crippen molar-refractivity contribution in [2.75, 3.05) is 18.0 Å². The van der Waals surface area contributed by atoms with Gasteiger partial charge in [-0.1, -0.05) is 42.0 Å². The quantitative estimate of drug-likeness (QED) is 0.203. The summed E-state index contributed by atoms with van der Waals surface area (Å²) in [6, 6.07) is 19.0. The first-order valence-corrected chi connectivity index (χ1v) is 10.9. The highest BCUT2D eigenvalue weighted by Crippen LogP contribution is 2.31. The summed E-state index contributed by atoms with van der Waals surface area (Å²) in [6.07, 6.45) is -2.70. The molecule has 3 N–H and O–H groups in total. The summed E-state index contributed by atoms with van der Waals surface area (Å²) >= 11 is 0. The predicted octanol–water partition coefficient (Wildman–Crippen LogP) is 5.00. The van der Waals surface area contributed by atoms with Crippen molar-refractivity contribution in [3.05, 3.63) is 89.9 Å². The van der Waals surface area contributed by atoms with Crippen LogP contribution in [0.4, 0.5) is 23.4 Å². The number of hydroxylamine groups is 1. The Morgan fingerprint density at radius 3 is 2.25 bits per heavy atom. The highest BCUT2D eigenvalue weighted by Gasteiger charge is 2.50. The Hall–Kier alpha value is -3.99. The zero-order valence-corrected chi connectivity index (χ0v) is 19.6. The number of hydrogen-bond donors (Lipinski definition) is 3. The molecule has 2 aromatic heterocycles. The molecule has 7 nitrogen and oxygen atoms in total. The lowest BCUT2D eigenvalue weighted by atomic mass is 9.95. The maximum absolute atomic E-state index is 13.6. The van der Waals surface area contributed by atoms with Gasteiger partial charge in [0.15, 0.2) is 0 Å². The summed E-state index contributed by atoms with van der Waals surface area (Å²) in [5.74, 6) is 0.227. The molecule has 0 saturated carbocycles. The monoisotopic (exact) mass is 503 g/mol. The Kier molecular flexibility index (Phi) is 8.25. The molecule has 0 unspecified atom stereocenters. The van der Waals surface area contributed by atoms with E-state index in [1.807, 2.05) is 18.2 Å². The minimum atomic E-state index is -4.30. The number of nitrogens with zero attached hydrogens (tertiary/aromatic N) is 3. The smallest absolute Gasteiger partial charge is 0.349 e. The maximum Gasteiger partial charge on any atom is 0.416 e. The lowest BCUT2D eigenvalue weighted by Crippen LogP contribution is -2.66. The third kappa shape index (κ3) is 6.79. The summed E-state index contributed by atoms with van der Waals surface area (Å²) in [6.45, 7) is 3.61. The van der Waals surface area contributed by atoms with E-state index in [9.17, 15) is 22.4 Å². The van der Waals surface area contributed by atoms with Crippen molar-refractivity contribution < 1.29 is 27.6 Å². The second-order valence-electron chi connectivity index (χ2n) is 8.16. The van der Waals surface area contributed by atoms with Gasteiger partial charge in [-0.15, -0.1) is 0 Å². The van der Waals surface area contributed by atoms with Crippen LogP contribution in [0.2, 0.25) is 0 Å². The van der Waals surface area contributed by atoms with Crippen LogP contribution in [-0.4, -0.2) is 44.8 Å². The molecule has 0 aliphatic carbocycles.